The summed E-state index contributed by atoms with van der Waals surface area (Å²) in [6, 6.07) is 7.44. The van der Waals surface area contributed by atoms with Gasteiger partial charge in [-0.3, -0.25) is 14.3 Å². The maximum absolute atomic E-state index is 11.8. The number of carbonyl (C=O) groups is 2. The van der Waals surface area contributed by atoms with Crippen LogP contribution in [0.25, 0.3) is 5.69 Å². The van der Waals surface area contributed by atoms with Gasteiger partial charge in [0, 0.05) is 0 Å². The normalized spacial score (nSPS) is 9.71. The van der Waals surface area contributed by atoms with Crippen molar-refractivity contribution in [2.24, 2.45) is 0 Å². The van der Waals surface area contributed by atoms with Crippen molar-refractivity contribution in [3.8, 4) is 5.69 Å². The van der Waals surface area contributed by atoms with Gasteiger partial charge in [-0.15, -0.1) is 0 Å². The van der Waals surface area contributed by atoms with E-state index in [1.165, 1.54) is 24.3 Å². The molecule has 0 bridgehead atoms. The third kappa shape index (κ3) is 3.39. The van der Waals surface area contributed by atoms with E-state index in [4.69, 9.17) is 5.11 Å². The van der Waals surface area contributed by atoms with Crippen LogP contribution in [0.15, 0.2) is 39.9 Å². The largest absolute Gasteiger partial charge is 1.00 e. The fourth-order valence-corrected chi connectivity index (χ4v) is 1.75. The number of carboxylic acids is 2. The molecule has 0 aliphatic heterocycles. The molecule has 102 valence electrons. The van der Waals surface area contributed by atoms with Crippen LogP contribution in [0.5, 0.6) is 0 Å². The molecule has 0 aliphatic carbocycles. The number of para-hydroxylation sites is 1. The number of benzene rings is 1. The summed E-state index contributed by atoms with van der Waals surface area (Å²) in [5, 5.41) is 20.1. The third-order valence-electron chi connectivity index (χ3n) is 2.53. The van der Waals surface area contributed by atoms with Gasteiger partial charge in [0.25, 0.3) is 5.56 Å². The van der Waals surface area contributed by atoms with E-state index in [-0.39, 0.29) is 57.1 Å². The Morgan fingerprint density at radius 3 is 2.19 bits per heavy atom. The van der Waals surface area contributed by atoms with Gasteiger partial charge in [0.1, 0.15) is 0 Å². The second-order valence-electron chi connectivity index (χ2n) is 3.75. The van der Waals surface area contributed by atoms with Crippen molar-refractivity contribution < 1.29 is 71.2 Å². The second kappa shape index (κ2) is 6.96. The van der Waals surface area contributed by atoms with Crippen LogP contribution < -0.4 is 67.7 Å². The van der Waals surface area contributed by atoms with Crippen LogP contribution >= 0.6 is 0 Å². The molecule has 2 N–H and O–H groups in total. The van der Waals surface area contributed by atoms with Crippen LogP contribution in [-0.2, 0) is 0 Å². The van der Waals surface area contributed by atoms with E-state index in [9.17, 15) is 24.3 Å². The molecule has 0 aliphatic rings. The standard InChI is InChI=1S/C12H8N2O6.K/c15-9-7(10(16)17)8(11(18)19)14(12(20)13-9)6-4-2-1-3-5-6;/h1-5H,(H,16,17)(H,18,19)(H,13,15,20);/q;+1/p-1. The number of nitrogens with one attached hydrogen (secondary N) is 1. The van der Waals surface area contributed by atoms with Gasteiger partial charge in [-0.25, -0.2) is 9.59 Å². The van der Waals surface area contributed by atoms with Gasteiger partial charge >= 0.3 is 63.0 Å². The average Bonchev–Trinajstić information content (AvgIpc) is 2.38. The summed E-state index contributed by atoms with van der Waals surface area (Å²) in [5.74, 6) is -3.70. The zero-order valence-electron chi connectivity index (χ0n) is 10.8. The third-order valence-corrected chi connectivity index (χ3v) is 2.53. The minimum Gasteiger partial charge on any atom is -0.543 e. The molecule has 0 saturated heterocycles. The van der Waals surface area contributed by atoms with Gasteiger partial charge < -0.3 is 15.0 Å². The van der Waals surface area contributed by atoms with Gasteiger partial charge in [-0.2, -0.15) is 0 Å². The molecule has 0 fully saturated rings. The molecular weight excluding hydrogens is 307 g/mol. The maximum Gasteiger partial charge on any atom is 1.00 e. The molecule has 1 aromatic carbocycles. The Hall–Kier alpha value is -1.52. The predicted molar refractivity (Wildman–Crippen MR) is 63.9 cm³/mol. The number of hydrogen-bond acceptors (Lipinski definition) is 5. The number of aromatic amines is 1. The minimum atomic E-state index is -1.94. The van der Waals surface area contributed by atoms with Crippen LogP contribution in [0.1, 0.15) is 20.8 Å². The van der Waals surface area contributed by atoms with Crippen molar-refractivity contribution in [2.75, 3.05) is 0 Å². The van der Waals surface area contributed by atoms with E-state index in [1.807, 2.05) is 0 Å². The van der Waals surface area contributed by atoms with Crippen molar-refractivity contribution >= 4 is 11.9 Å². The summed E-state index contributed by atoms with van der Waals surface area (Å²) in [4.78, 5) is 47.1. The predicted octanol–water partition coefficient (Wildman–Crippen LogP) is -4.41. The first kappa shape index (κ1) is 17.5. The van der Waals surface area contributed by atoms with E-state index >= 15 is 0 Å². The summed E-state index contributed by atoms with van der Waals surface area (Å²) in [6.45, 7) is 0. The van der Waals surface area contributed by atoms with Gasteiger partial charge in [0.05, 0.1) is 17.4 Å². The topological polar surface area (TPSA) is 132 Å². The molecule has 8 nitrogen and oxygen atoms in total. The Kier molecular flexibility index (Phi) is 5.81. The molecule has 9 heteroatoms. The quantitative estimate of drug-likeness (QED) is 0.550. The molecule has 2 aromatic rings. The summed E-state index contributed by atoms with van der Waals surface area (Å²) in [7, 11) is 0. The zero-order valence-corrected chi connectivity index (χ0v) is 13.9. The average molecular weight is 314 g/mol. The molecule has 2 rings (SSSR count). The Bertz CT molecular complexity index is 809. The fraction of sp³-hybridized carbons (Fsp3) is 0. The molecule has 0 spiro atoms. The summed E-state index contributed by atoms with van der Waals surface area (Å²) in [6.07, 6.45) is 0. The van der Waals surface area contributed by atoms with E-state index < -0.39 is 34.4 Å². The van der Waals surface area contributed by atoms with Gasteiger partial charge in [-0.05, 0) is 12.1 Å². The number of aromatic carboxylic acids is 2. The molecule has 0 amide bonds. The summed E-state index contributed by atoms with van der Waals surface area (Å²) >= 11 is 0. The summed E-state index contributed by atoms with van der Waals surface area (Å²) < 4.78 is 0.570. The molecule has 21 heavy (non-hydrogen) atoms. The molecule has 1 heterocycles. The molecule has 0 radical (unpaired) electrons. The van der Waals surface area contributed by atoms with Gasteiger partial charge in [0.15, 0.2) is 5.56 Å². The van der Waals surface area contributed by atoms with E-state index in [2.05, 4.69) is 0 Å². The molecule has 1 aromatic heterocycles. The number of rotatable bonds is 3. The van der Waals surface area contributed by atoms with Gasteiger partial charge in [0.2, 0.25) is 0 Å². The molecular formula is C12H7KN2O6. The van der Waals surface area contributed by atoms with E-state index in [0.717, 1.165) is 0 Å². The monoisotopic (exact) mass is 314 g/mol. The van der Waals surface area contributed by atoms with E-state index in [0.29, 0.717) is 4.57 Å². The Labute approximate surface area is 159 Å². The number of nitrogens with zero attached hydrogens (tertiary/aromatic N) is 1. The first-order valence-corrected chi connectivity index (χ1v) is 5.33. The van der Waals surface area contributed by atoms with Crippen LogP contribution in [0.2, 0.25) is 0 Å². The van der Waals surface area contributed by atoms with Gasteiger partial charge in [-0.1, -0.05) is 18.2 Å². The minimum absolute atomic E-state index is 0. The first-order valence-electron chi connectivity index (χ1n) is 5.33. The van der Waals surface area contributed by atoms with Crippen LogP contribution in [0.4, 0.5) is 0 Å². The molecule has 0 unspecified atom stereocenters. The maximum atomic E-state index is 11.8. The van der Waals surface area contributed by atoms with Crippen LogP contribution in [0.3, 0.4) is 0 Å². The van der Waals surface area contributed by atoms with Crippen molar-refractivity contribution in [3.05, 3.63) is 62.4 Å². The molecule has 0 saturated carbocycles. The Balaban J connectivity index is 0.00000220. The number of H-pyrrole nitrogens is 1. The van der Waals surface area contributed by atoms with Crippen LogP contribution in [0, 0.1) is 0 Å². The number of aromatic nitrogens is 2. The number of carboxylic acid groups (broad SMARTS) is 2. The SMILES string of the molecule is O=C(O)c1c(C(=O)[O-])n(-c2ccccc2)c(=O)[nH]c1=O.[K+]. The van der Waals surface area contributed by atoms with Crippen molar-refractivity contribution in [2.45, 2.75) is 0 Å². The first-order chi connectivity index (χ1) is 9.43. The van der Waals surface area contributed by atoms with E-state index in [1.54, 1.807) is 11.1 Å². The molecule has 0 atom stereocenters. The van der Waals surface area contributed by atoms with Crippen LogP contribution in [-0.4, -0.2) is 26.6 Å². The Morgan fingerprint density at radius 1 is 1.14 bits per heavy atom. The van der Waals surface area contributed by atoms with Crippen molar-refractivity contribution in [3.63, 3.8) is 0 Å². The number of hydrogen-bond donors (Lipinski definition) is 2. The fourth-order valence-electron chi connectivity index (χ4n) is 1.75. The second-order valence-corrected chi connectivity index (χ2v) is 3.75. The Morgan fingerprint density at radius 2 is 1.71 bits per heavy atom. The smallest absolute Gasteiger partial charge is 0.543 e. The number of carbonyl (C=O) groups excluding carboxylic acids is 1. The van der Waals surface area contributed by atoms with Crippen molar-refractivity contribution in [1.29, 1.82) is 0 Å². The zero-order chi connectivity index (χ0) is 14.9. The summed E-state index contributed by atoms with van der Waals surface area (Å²) in [5.41, 5.74) is -4.33. The van der Waals surface area contributed by atoms with Crippen molar-refractivity contribution in [1.82, 2.24) is 9.55 Å².